The van der Waals surface area contributed by atoms with E-state index in [2.05, 4.69) is 153 Å². The van der Waals surface area contributed by atoms with Crippen LogP contribution in [0.2, 0.25) is 0 Å². The first-order chi connectivity index (χ1) is 21.6. The van der Waals surface area contributed by atoms with Crippen molar-refractivity contribution < 1.29 is 0 Å². The Morgan fingerprint density at radius 2 is 0.614 bits per heavy atom. The van der Waals surface area contributed by atoms with Gasteiger partial charge >= 0.3 is 0 Å². The van der Waals surface area contributed by atoms with Gasteiger partial charge in [-0.1, -0.05) is 135 Å². The van der Waals surface area contributed by atoms with Gasteiger partial charge in [0.1, 0.15) is 0 Å². The van der Waals surface area contributed by atoms with E-state index in [-0.39, 0.29) is 0 Å². The molecule has 5 aromatic carbocycles. The summed E-state index contributed by atoms with van der Waals surface area (Å²) >= 11 is 7.27. The van der Waals surface area contributed by atoms with E-state index in [0.29, 0.717) is 0 Å². The number of nitrogens with zero attached hydrogens (tertiary/aromatic N) is 2. The molecule has 0 saturated carbocycles. The smallest absolute Gasteiger partial charge is 0.0716 e. The monoisotopic (exact) mass is 692 g/mol. The Balaban J connectivity index is 1.38. The molecule has 0 radical (unpaired) electrons. The first kappa shape index (κ1) is 28.1. The van der Waals surface area contributed by atoms with Gasteiger partial charge in [-0.25, -0.2) is 9.97 Å². The Morgan fingerprint density at radius 3 is 1.02 bits per heavy atom. The molecular formula is C40H26Br2N2. The van der Waals surface area contributed by atoms with Crippen LogP contribution in [0.25, 0.3) is 67.3 Å². The molecule has 0 aliphatic rings. The van der Waals surface area contributed by atoms with Gasteiger partial charge in [0.15, 0.2) is 0 Å². The fourth-order valence-electron chi connectivity index (χ4n) is 5.38. The second-order valence-electron chi connectivity index (χ2n) is 10.6. The molecule has 7 rings (SSSR count). The normalized spacial score (nSPS) is 11.0. The van der Waals surface area contributed by atoms with Crippen molar-refractivity contribution in [2.45, 2.75) is 0 Å². The van der Waals surface area contributed by atoms with Crippen molar-refractivity contribution in [2.75, 3.05) is 0 Å². The maximum absolute atomic E-state index is 5.09. The number of benzene rings is 5. The highest BCUT2D eigenvalue weighted by atomic mass is 79.9. The van der Waals surface area contributed by atoms with Crippen LogP contribution in [0.15, 0.2) is 167 Å². The van der Waals surface area contributed by atoms with Crippen LogP contribution < -0.4 is 0 Å². The van der Waals surface area contributed by atoms with Crippen LogP contribution in [0.1, 0.15) is 0 Å². The van der Waals surface area contributed by atoms with Crippen LogP contribution in [0, 0.1) is 0 Å². The van der Waals surface area contributed by atoms with E-state index in [9.17, 15) is 0 Å². The number of pyridine rings is 2. The quantitative estimate of drug-likeness (QED) is 0.173. The predicted octanol–water partition coefficient (Wildman–Crippen LogP) is 12.0. The third-order valence-corrected chi connectivity index (χ3v) is 8.55. The van der Waals surface area contributed by atoms with Crippen molar-refractivity contribution in [1.82, 2.24) is 9.97 Å². The maximum Gasteiger partial charge on any atom is 0.0716 e. The molecule has 0 atom stereocenters. The molecule has 0 amide bonds. The second-order valence-corrected chi connectivity index (χ2v) is 12.4. The third kappa shape index (κ3) is 6.19. The molecule has 7 aromatic rings. The molecule has 0 unspecified atom stereocenters. The number of hydrogen-bond donors (Lipinski definition) is 0. The van der Waals surface area contributed by atoms with Gasteiger partial charge in [0.05, 0.1) is 22.8 Å². The summed E-state index contributed by atoms with van der Waals surface area (Å²) in [4.78, 5) is 10.2. The van der Waals surface area contributed by atoms with Crippen LogP contribution in [-0.4, -0.2) is 9.97 Å². The Kier molecular flexibility index (Phi) is 8.02. The highest BCUT2D eigenvalue weighted by molar-refractivity contribution is 9.10. The van der Waals surface area contributed by atoms with Gasteiger partial charge in [-0.2, -0.15) is 0 Å². The summed E-state index contributed by atoms with van der Waals surface area (Å²) in [5.74, 6) is 0. The molecule has 2 aromatic heterocycles. The summed E-state index contributed by atoms with van der Waals surface area (Å²) in [6.45, 7) is 0. The van der Waals surface area contributed by atoms with Crippen LogP contribution >= 0.6 is 31.9 Å². The lowest BCUT2D eigenvalue weighted by Gasteiger charge is -2.13. The molecule has 0 fully saturated rings. The molecule has 2 heterocycles. The SMILES string of the molecule is Brc1cccc(-c2cc(-c3cccc(-c4cc(-c5ccccc5)nc(-c5cccc(Br)c5)c4)c3)cc(-c3ccccc3)n2)c1. The molecule has 44 heavy (non-hydrogen) atoms. The van der Waals surface area contributed by atoms with Gasteiger partial charge in [-0.3, -0.25) is 0 Å². The third-order valence-electron chi connectivity index (χ3n) is 7.56. The summed E-state index contributed by atoms with van der Waals surface area (Å²) in [5.41, 5.74) is 12.5. The van der Waals surface area contributed by atoms with Gasteiger partial charge in [-0.05, 0) is 76.9 Å². The maximum atomic E-state index is 5.09. The Morgan fingerprint density at radius 1 is 0.273 bits per heavy atom. The fraction of sp³-hybridized carbons (Fsp3) is 0. The van der Waals surface area contributed by atoms with E-state index in [0.717, 1.165) is 76.2 Å². The van der Waals surface area contributed by atoms with Gasteiger partial charge in [0.25, 0.3) is 0 Å². The minimum absolute atomic E-state index is 0.931. The number of rotatable bonds is 6. The van der Waals surface area contributed by atoms with E-state index < -0.39 is 0 Å². The molecule has 0 saturated heterocycles. The standard InChI is InChI=1S/C40H26Br2N2/c41-35-18-8-16-31(21-35)39-25-33(23-37(43-39)27-10-3-1-4-11-27)29-14-7-15-30(20-29)34-24-38(28-12-5-2-6-13-28)44-40(26-34)32-17-9-19-36(42)22-32/h1-26H. The van der Waals surface area contributed by atoms with Crippen LogP contribution in [0.4, 0.5) is 0 Å². The van der Waals surface area contributed by atoms with Crippen molar-refractivity contribution in [3.63, 3.8) is 0 Å². The molecule has 2 nitrogen and oxygen atoms in total. The average molecular weight is 694 g/mol. The molecule has 4 heteroatoms. The zero-order chi connectivity index (χ0) is 29.9. The topological polar surface area (TPSA) is 25.8 Å². The van der Waals surface area contributed by atoms with Crippen molar-refractivity contribution in [1.29, 1.82) is 0 Å². The van der Waals surface area contributed by atoms with E-state index in [4.69, 9.17) is 9.97 Å². The number of aromatic nitrogens is 2. The largest absolute Gasteiger partial charge is 0.248 e. The highest BCUT2D eigenvalue weighted by Gasteiger charge is 2.13. The van der Waals surface area contributed by atoms with E-state index in [1.54, 1.807) is 0 Å². The average Bonchev–Trinajstić information content (AvgIpc) is 3.09. The van der Waals surface area contributed by atoms with Crippen molar-refractivity contribution in [3.05, 3.63) is 167 Å². The Labute approximate surface area is 274 Å². The predicted molar refractivity (Wildman–Crippen MR) is 190 cm³/mol. The van der Waals surface area contributed by atoms with Crippen LogP contribution in [0.3, 0.4) is 0 Å². The first-order valence-electron chi connectivity index (χ1n) is 14.4. The van der Waals surface area contributed by atoms with Crippen LogP contribution in [0.5, 0.6) is 0 Å². The van der Waals surface area contributed by atoms with Gasteiger partial charge in [-0.15, -0.1) is 0 Å². The first-order valence-corrected chi connectivity index (χ1v) is 16.0. The highest BCUT2D eigenvalue weighted by Crippen LogP contribution is 2.35. The fourth-order valence-corrected chi connectivity index (χ4v) is 6.18. The van der Waals surface area contributed by atoms with Gasteiger partial charge in [0, 0.05) is 31.2 Å². The summed E-state index contributed by atoms with van der Waals surface area (Å²) in [7, 11) is 0. The lowest BCUT2D eigenvalue weighted by Crippen LogP contribution is -1.93. The number of halogens is 2. The Bertz CT molecular complexity index is 1940. The molecule has 0 spiro atoms. The van der Waals surface area contributed by atoms with E-state index >= 15 is 0 Å². The molecule has 0 aliphatic heterocycles. The molecule has 0 N–H and O–H groups in total. The second kappa shape index (κ2) is 12.5. The summed E-state index contributed by atoms with van der Waals surface area (Å²) < 4.78 is 2.05. The van der Waals surface area contributed by atoms with E-state index in [1.807, 2.05) is 36.4 Å². The number of hydrogen-bond acceptors (Lipinski definition) is 2. The minimum atomic E-state index is 0.931. The zero-order valence-corrected chi connectivity index (χ0v) is 26.8. The van der Waals surface area contributed by atoms with Gasteiger partial charge in [0.2, 0.25) is 0 Å². The lowest BCUT2D eigenvalue weighted by atomic mass is 9.95. The summed E-state index contributed by atoms with van der Waals surface area (Å²) in [5, 5.41) is 0. The van der Waals surface area contributed by atoms with E-state index in [1.165, 1.54) is 0 Å². The lowest BCUT2D eigenvalue weighted by molar-refractivity contribution is 1.32. The Hall–Kier alpha value is -4.64. The summed E-state index contributed by atoms with van der Waals surface area (Å²) in [6.07, 6.45) is 0. The van der Waals surface area contributed by atoms with Crippen molar-refractivity contribution in [3.8, 4) is 67.3 Å². The molecular weight excluding hydrogens is 668 g/mol. The zero-order valence-electron chi connectivity index (χ0n) is 23.7. The molecule has 0 bridgehead atoms. The molecule has 0 aliphatic carbocycles. The minimum Gasteiger partial charge on any atom is -0.248 e. The van der Waals surface area contributed by atoms with Gasteiger partial charge < -0.3 is 0 Å². The van der Waals surface area contributed by atoms with Crippen molar-refractivity contribution in [2.24, 2.45) is 0 Å². The van der Waals surface area contributed by atoms with Crippen LogP contribution in [-0.2, 0) is 0 Å². The summed E-state index contributed by atoms with van der Waals surface area (Å²) in [6, 6.07) is 54.8. The molecule has 210 valence electrons. The van der Waals surface area contributed by atoms with Crippen molar-refractivity contribution >= 4 is 31.9 Å².